The molecular weight excluding hydrogens is 202 g/mol. The first kappa shape index (κ1) is 11.7. The van der Waals surface area contributed by atoms with Crippen molar-refractivity contribution < 1.29 is 19.5 Å². The minimum atomic E-state index is -1.13. The van der Waals surface area contributed by atoms with Crippen molar-refractivity contribution in [3.8, 4) is 0 Å². The van der Waals surface area contributed by atoms with Gasteiger partial charge in [-0.15, -0.1) is 0 Å². The number of rotatable bonds is 4. The summed E-state index contributed by atoms with van der Waals surface area (Å²) in [5, 5.41) is 14.1. The third-order valence-corrected chi connectivity index (χ3v) is 2.03. The van der Waals surface area contributed by atoms with E-state index in [1.807, 2.05) is 5.48 Å². The summed E-state index contributed by atoms with van der Waals surface area (Å²) in [4.78, 5) is 25.6. The molecule has 2 amide bonds. The molecule has 1 aliphatic heterocycles. The van der Waals surface area contributed by atoms with Crippen LogP contribution in [0.3, 0.4) is 0 Å². The third kappa shape index (κ3) is 5.18. The van der Waals surface area contributed by atoms with Crippen LogP contribution in [0.1, 0.15) is 12.8 Å². The van der Waals surface area contributed by atoms with Crippen molar-refractivity contribution in [2.75, 3.05) is 19.7 Å². The number of nitrogens with one attached hydrogen (secondary N) is 3. The Labute approximate surface area is 87.1 Å². The van der Waals surface area contributed by atoms with Crippen molar-refractivity contribution in [1.82, 2.24) is 16.1 Å². The summed E-state index contributed by atoms with van der Waals surface area (Å²) in [5.74, 6) is -1.13. The lowest BCUT2D eigenvalue weighted by atomic mass is 10.1. The van der Waals surface area contributed by atoms with Crippen LogP contribution in [0, 0.1) is 0 Å². The number of piperidine rings is 1. The quantitative estimate of drug-likeness (QED) is 0.455. The van der Waals surface area contributed by atoms with Gasteiger partial charge in [-0.25, -0.2) is 15.1 Å². The first-order chi connectivity index (χ1) is 7.18. The lowest BCUT2D eigenvalue weighted by molar-refractivity contribution is -0.144. The van der Waals surface area contributed by atoms with E-state index < -0.39 is 18.6 Å². The maximum atomic E-state index is 11.1. The van der Waals surface area contributed by atoms with Gasteiger partial charge in [0.1, 0.15) is 0 Å². The zero-order valence-corrected chi connectivity index (χ0v) is 8.28. The van der Waals surface area contributed by atoms with E-state index >= 15 is 0 Å². The highest BCUT2D eigenvalue weighted by Crippen LogP contribution is 2.00. The third-order valence-electron chi connectivity index (χ3n) is 2.03. The molecule has 1 saturated heterocycles. The molecule has 0 bridgehead atoms. The molecule has 1 heterocycles. The fourth-order valence-corrected chi connectivity index (χ4v) is 1.34. The lowest BCUT2D eigenvalue weighted by Crippen LogP contribution is -2.47. The van der Waals surface area contributed by atoms with Gasteiger partial charge in [-0.1, -0.05) is 0 Å². The molecule has 1 aliphatic rings. The average molecular weight is 217 g/mol. The van der Waals surface area contributed by atoms with Crippen molar-refractivity contribution in [3.05, 3.63) is 0 Å². The largest absolute Gasteiger partial charge is 0.479 e. The molecule has 0 saturated carbocycles. The van der Waals surface area contributed by atoms with E-state index in [1.165, 1.54) is 0 Å². The molecule has 4 N–H and O–H groups in total. The number of carbonyl (C=O) groups excluding carboxylic acids is 1. The molecule has 1 fully saturated rings. The second-order valence-electron chi connectivity index (χ2n) is 3.28. The fraction of sp³-hybridized carbons (Fsp3) is 0.750. The number of aliphatic carboxylic acids is 1. The average Bonchev–Trinajstić information content (AvgIpc) is 2.18. The highest BCUT2D eigenvalue weighted by Gasteiger charge is 2.15. The van der Waals surface area contributed by atoms with Crippen LogP contribution in [0.5, 0.6) is 0 Å². The summed E-state index contributed by atoms with van der Waals surface area (Å²) in [6.07, 6.45) is 1.73. The van der Waals surface area contributed by atoms with E-state index in [9.17, 15) is 9.59 Å². The summed E-state index contributed by atoms with van der Waals surface area (Å²) < 4.78 is 0. The standard InChI is InChI=1S/C8H15N3O4/c12-7(13)5-15-11-8(14)10-6-1-3-9-4-2-6/h6,9H,1-5H2,(H,12,13)(H2,10,11,14). The number of carbonyl (C=O) groups is 2. The highest BCUT2D eigenvalue weighted by molar-refractivity contribution is 5.73. The Balaban J connectivity index is 2.09. The van der Waals surface area contributed by atoms with Gasteiger partial charge in [0.15, 0.2) is 6.61 Å². The van der Waals surface area contributed by atoms with E-state index in [0.717, 1.165) is 25.9 Å². The van der Waals surface area contributed by atoms with Gasteiger partial charge in [-0.3, -0.25) is 4.84 Å². The number of carboxylic acids is 1. The fourth-order valence-electron chi connectivity index (χ4n) is 1.34. The van der Waals surface area contributed by atoms with Crippen LogP contribution in [0.25, 0.3) is 0 Å². The minimum Gasteiger partial charge on any atom is -0.479 e. The number of urea groups is 1. The van der Waals surface area contributed by atoms with Crippen LogP contribution in [-0.4, -0.2) is 42.8 Å². The van der Waals surface area contributed by atoms with Crippen molar-refractivity contribution in [1.29, 1.82) is 0 Å². The Morgan fingerprint density at radius 1 is 1.40 bits per heavy atom. The molecule has 0 aliphatic carbocycles. The molecule has 1 rings (SSSR count). The summed E-state index contributed by atoms with van der Waals surface area (Å²) >= 11 is 0. The van der Waals surface area contributed by atoms with Crippen LogP contribution < -0.4 is 16.1 Å². The number of carboxylic acid groups (broad SMARTS) is 1. The first-order valence-electron chi connectivity index (χ1n) is 4.79. The van der Waals surface area contributed by atoms with E-state index in [1.54, 1.807) is 0 Å². The van der Waals surface area contributed by atoms with Gasteiger partial charge in [0.2, 0.25) is 0 Å². The van der Waals surface area contributed by atoms with Gasteiger partial charge in [-0.05, 0) is 25.9 Å². The molecule has 0 spiro atoms. The van der Waals surface area contributed by atoms with Crippen LogP contribution in [0.15, 0.2) is 0 Å². The van der Waals surface area contributed by atoms with Crippen LogP contribution in [-0.2, 0) is 9.63 Å². The Morgan fingerprint density at radius 2 is 2.07 bits per heavy atom. The molecule has 0 aromatic rings. The number of hydroxylamine groups is 1. The second-order valence-corrected chi connectivity index (χ2v) is 3.28. The zero-order valence-electron chi connectivity index (χ0n) is 8.28. The van der Waals surface area contributed by atoms with Crippen molar-refractivity contribution in [2.45, 2.75) is 18.9 Å². The highest BCUT2D eigenvalue weighted by atomic mass is 16.7. The summed E-state index contributed by atoms with van der Waals surface area (Å²) in [5.41, 5.74) is 2.01. The topological polar surface area (TPSA) is 99.7 Å². The zero-order chi connectivity index (χ0) is 11.1. The summed E-state index contributed by atoms with van der Waals surface area (Å²) in [6, 6.07) is -0.372. The molecule has 0 unspecified atom stereocenters. The van der Waals surface area contributed by atoms with Crippen LogP contribution >= 0.6 is 0 Å². The molecule has 0 radical (unpaired) electrons. The molecule has 7 heteroatoms. The maximum Gasteiger partial charge on any atom is 0.338 e. The van der Waals surface area contributed by atoms with Crippen molar-refractivity contribution >= 4 is 12.0 Å². The van der Waals surface area contributed by atoms with Crippen LogP contribution in [0.2, 0.25) is 0 Å². The number of amides is 2. The van der Waals surface area contributed by atoms with E-state index in [2.05, 4.69) is 15.5 Å². The van der Waals surface area contributed by atoms with Gasteiger partial charge in [0.25, 0.3) is 0 Å². The Kier molecular flexibility index (Phi) is 4.85. The second kappa shape index (κ2) is 6.20. The van der Waals surface area contributed by atoms with Crippen molar-refractivity contribution in [2.24, 2.45) is 0 Å². The molecule has 0 aromatic carbocycles. The van der Waals surface area contributed by atoms with E-state index in [-0.39, 0.29) is 6.04 Å². The van der Waals surface area contributed by atoms with Gasteiger partial charge >= 0.3 is 12.0 Å². The van der Waals surface area contributed by atoms with Gasteiger partial charge in [0, 0.05) is 6.04 Å². The smallest absolute Gasteiger partial charge is 0.338 e. The Morgan fingerprint density at radius 3 is 2.67 bits per heavy atom. The van der Waals surface area contributed by atoms with Crippen LogP contribution in [0.4, 0.5) is 4.79 Å². The predicted molar refractivity (Wildman–Crippen MR) is 51.1 cm³/mol. The number of hydrogen-bond acceptors (Lipinski definition) is 4. The van der Waals surface area contributed by atoms with Crippen molar-refractivity contribution in [3.63, 3.8) is 0 Å². The Hall–Kier alpha value is -1.34. The monoisotopic (exact) mass is 217 g/mol. The summed E-state index contributed by atoms with van der Waals surface area (Å²) in [7, 11) is 0. The molecular formula is C8H15N3O4. The predicted octanol–water partition coefficient (Wildman–Crippen LogP) is -0.946. The van der Waals surface area contributed by atoms with Gasteiger partial charge in [-0.2, -0.15) is 0 Å². The SMILES string of the molecule is O=C(O)CONC(=O)NC1CCNCC1. The molecule has 7 nitrogen and oxygen atoms in total. The van der Waals surface area contributed by atoms with Gasteiger partial charge in [0.05, 0.1) is 0 Å². The normalized spacial score (nSPS) is 17.1. The first-order valence-corrected chi connectivity index (χ1v) is 4.79. The van der Waals surface area contributed by atoms with Gasteiger partial charge < -0.3 is 15.7 Å². The molecule has 86 valence electrons. The molecule has 0 atom stereocenters. The lowest BCUT2D eigenvalue weighted by Gasteiger charge is -2.23. The number of hydrogen-bond donors (Lipinski definition) is 4. The van der Waals surface area contributed by atoms with E-state index in [4.69, 9.17) is 5.11 Å². The molecule has 15 heavy (non-hydrogen) atoms. The maximum absolute atomic E-state index is 11.1. The Bertz CT molecular complexity index is 228. The summed E-state index contributed by atoms with van der Waals surface area (Å²) in [6.45, 7) is 1.21. The minimum absolute atomic E-state index is 0.125. The van der Waals surface area contributed by atoms with E-state index in [0.29, 0.717) is 0 Å². The molecule has 0 aromatic heterocycles.